The summed E-state index contributed by atoms with van der Waals surface area (Å²) in [7, 11) is 0. The molecule has 18 heavy (non-hydrogen) atoms. The third-order valence-electron chi connectivity index (χ3n) is 3.61. The molecule has 0 atom stereocenters. The van der Waals surface area contributed by atoms with E-state index >= 15 is 0 Å². The Morgan fingerprint density at radius 2 is 2.06 bits per heavy atom. The summed E-state index contributed by atoms with van der Waals surface area (Å²) < 4.78 is 13.3. The molecule has 0 bridgehead atoms. The normalized spacial score (nSPS) is 14.3. The van der Waals surface area contributed by atoms with Gasteiger partial charge in [-0.2, -0.15) is 0 Å². The van der Waals surface area contributed by atoms with E-state index in [2.05, 4.69) is 23.5 Å². The topological polar surface area (TPSA) is 12.0 Å². The summed E-state index contributed by atoms with van der Waals surface area (Å²) in [6, 6.07) is 11.8. The van der Waals surface area contributed by atoms with Crippen LogP contribution in [0.1, 0.15) is 16.7 Å². The van der Waals surface area contributed by atoms with Gasteiger partial charge >= 0.3 is 0 Å². The number of benzene rings is 2. The zero-order valence-electron chi connectivity index (χ0n) is 10.5. The molecule has 2 heteroatoms. The van der Waals surface area contributed by atoms with E-state index in [4.69, 9.17) is 0 Å². The smallest absolute Gasteiger partial charge is 0.126 e. The Balaban J connectivity index is 2.13. The second-order valence-corrected chi connectivity index (χ2v) is 4.83. The molecule has 1 heterocycles. The average molecular weight is 241 g/mol. The van der Waals surface area contributed by atoms with Crippen molar-refractivity contribution >= 4 is 0 Å². The summed E-state index contributed by atoms with van der Waals surface area (Å²) in [5.41, 5.74) is 5.84. The molecule has 0 spiro atoms. The highest BCUT2D eigenvalue weighted by Crippen LogP contribution is 2.29. The number of hydrogen-bond donors (Lipinski definition) is 1. The molecule has 3 rings (SSSR count). The first-order valence-electron chi connectivity index (χ1n) is 6.34. The first-order chi connectivity index (χ1) is 8.75. The highest BCUT2D eigenvalue weighted by Gasteiger charge is 2.13. The fourth-order valence-electron chi connectivity index (χ4n) is 2.61. The van der Waals surface area contributed by atoms with E-state index in [0.717, 1.165) is 25.1 Å². The van der Waals surface area contributed by atoms with Crippen molar-refractivity contribution in [2.45, 2.75) is 19.9 Å². The van der Waals surface area contributed by atoms with E-state index in [-0.39, 0.29) is 5.82 Å². The van der Waals surface area contributed by atoms with Gasteiger partial charge in [-0.05, 0) is 59.8 Å². The Morgan fingerprint density at radius 3 is 2.89 bits per heavy atom. The Hall–Kier alpha value is -1.67. The third-order valence-corrected chi connectivity index (χ3v) is 3.61. The summed E-state index contributed by atoms with van der Waals surface area (Å²) in [5.74, 6) is -0.134. The Bertz CT molecular complexity index is 590. The van der Waals surface area contributed by atoms with Gasteiger partial charge in [0.25, 0.3) is 0 Å². The molecule has 2 aromatic rings. The lowest BCUT2D eigenvalue weighted by Gasteiger charge is -2.20. The molecule has 0 aromatic heterocycles. The lowest BCUT2D eigenvalue weighted by molar-refractivity contribution is 0.618. The molecule has 1 N–H and O–H groups in total. The van der Waals surface area contributed by atoms with E-state index in [1.807, 2.05) is 19.1 Å². The fourth-order valence-corrected chi connectivity index (χ4v) is 2.61. The molecule has 2 aromatic carbocycles. The predicted octanol–water partition coefficient (Wildman–Crippen LogP) is 3.45. The van der Waals surface area contributed by atoms with Crippen LogP contribution >= 0.6 is 0 Å². The van der Waals surface area contributed by atoms with E-state index in [0.29, 0.717) is 5.56 Å². The van der Waals surface area contributed by atoms with Crippen LogP contribution in [0.4, 0.5) is 4.39 Å². The molecule has 1 aliphatic heterocycles. The van der Waals surface area contributed by atoms with Crippen molar-refractivity contribution in [3.8, 4) is 11.1 Å². The van der Waals surface area contributed by atoms with Crippen molar-refractivity contribution in [2.75, 3.05) is 6.54 Å². The zero-order valence-corrected chi connectivity index (χ0v) is 10.5. The van der Waals surface area contributed by atoms with Crippen LogP contribution < -0.4 is 5.32 Å². The molecule has 1 nitrogen and oxygen atoms in total. The molecule has 0 saturated heterocycles. The van der Waals surface area contributed by atoms with Crippen molar-refractivity contribution in [3.05, 3.63) is 58.9 Å². The molecular formula is C16H16FN. The summed E-state index contributed by atoms with van der Waals surface area (Å²) in [6.07, 6.45) is 1.04. The summed E-state index contributed by atoms with van der Waals surface area (Å²) >= 11 is 0. The molecule has 1 aliphatic rings. The molecule has 92 valence electrons. The van der Waals surface area contributed by atoms with Gasteiger partial charge in [0, 0.05) is 6.54 Å². The first kappa shape index (κ1) is 11.4. The van der Waals surface area contributed by atoms with Crippen molar-refractivity contribution in [1.29, 1.82) is 0 Å². The maximum absolute atomic E-state index is 13.3. The van der Waals surface area contributed by atoms with Crippen molar-refractivity contribution in [2.24, 2.45) is 0 Å². The number of nitrogens with one attached hydrogen (secondary N) is 1. The van der Waals surface area contributed by atoms with E-state index < -0.39 is 0 Å². The first-order valence-corrected chi connectivity index (χ1v) is 6.34. The third kappa shape index (κ3) is 1.93. The zero-order chi connectivity index (χ0) is 12.5. The van der Waals surface area contributed by atoms with Crippen LogP contribution in [0.2, 0.25) is 0 Å². The molecule has 0 unspecified atom stereocenters. The average Bonchev–Trinajstić information content (AvgIpc) is 2.41. The van der Waals surface area contributed by atoms with Gasteiger partial charge in [-0.1, -0.05) is 24.3 Å². The van der Waals surface area contributed by atoms with Crippen LogP contribution in [0.15, 0.2) is 36.4 Å². The SMILES string of the molecule is Cc1cc(-c2cccc3c2CCNC3)ccc1F. The van der Waals surface area contributed by atoms with Gasteiger partial charge in [-0.3, -0.25) is 0 Å². The van der Waals surface area contributed by atoms with Gasteiger partial charge in [0.1, 0.15) is 5.82 Å². The van der Waals surface area contributed by atoms with Crippen LogP contribution in [0, 0.1) is 12.7 Å². The van der Waals surface area contributed by atoms with Crippen LogP contribution in [0.5, 0.6) is 0 Å². The Labute approximate surface area is 107 Å². The number of halogens is 1. The van der Waals surface area contributed by atoms with Gasteiger partial charge in [0.15, 0.2) is 0 Å². The Morgan fingerprint density at radius 1 is 1.17 bits per heavy atom. The second kappa shape index (κ2) is 4.54. The van der Waals surface area contributed by atoms with Crippen LogP contribution in [0.25, 0.3) is 11.1 Å². The van der Waals surface area contributed by atoms with Crippen LogP contribution in [-0.4, -0.2) is 6.54 Å². The van der Waals surface area contributed by atoms with Crippen LogP contribution in [-0.2, 0) is 13.0 Å². The van der Waals surface area contributed by atoms with Gasteiger partial charge in [-0.25, -0.2) is 4.39 Å². The molecule has 0 saturated carbocycles. The fraction of sp³-hybridized carbons (Fsp3) is 0.250. The molecule has 0 aliphatic carbocycles. The molecule has 0 amide bonds. The molecular weight excluding hydrogens is 225 g/mol. The van der Waals surface area contributed by atoms with E-state index in [1.54, 1.807) is 6.07 Å². The van der Waals surface area contributed by atoms with Gasteiger partial charge in [-0.15, -0.1) is 0 Å². The van der Waals surface area contributed by atoms with Crippen molar-refractivity contribution in [1.82, 2.24) is 5.32 Å². The largest absolute Gasteiger partial charge is 0.312 e. The lowest BCUT2D eigenvalue weighted by Crippen LogP contribution is -2.24. The minimum Gasteiger partial charge on any atom is -0.312 e. The maximum atomic E-state index is 13.3. The second-order valence-electron chi connectivity index (χ2n) is 4.83. The van der Waals surface area contributed by atoms with Crippen molar-refractivity contribution < 1.29 is 4.39 Å². The number of hydrogen-bond acceptors (Lipinski definition) is 1. The summed E-state index contributed by atoms with van der Waals surface area (Å²) in [5, 5.41) is 3.38. The number of fused-ring (bicyclic) bond motifs is 1. The number of rotatable bonds is 1. The highest BCUT2D eigenvalue weighted by molar-refractivity contribution is 5.69. The quantitative estimate of drug-likeness (QED) is 0.806. The Kier molecular flexibility index (Phi) is 2.88. The van der Waals surface area contributed by atoms with Gasteiger partial charge in [0.2, 0.25) is 0 Å². The predicted molar refractivity (Wildman–Crippen MR) is 72.0 cm³/mol. The molecule has 0 radical (unpaired) electrons. The minimum atomic E-state index is -0.134. The highest BCUT2D eigenvalue weighted by atomic mass is 19.1. The van der Waals surface area contributed by atoms with Crippen molar-refractivity contribution in [3.63, 3.8) is 0 Å². The number of aryl methyl sites for hydroxylation is 1. The maximum Gasteiger partial charge on any atom is 0.126 e. The van der Waals surface area contributed by atoms with Crippen LogP contribution in [0.3, 0.4) is 0 Å². The summed E-state index contributed by atoms with van der Waals surface area (Å²) in [4.78, 5) is 0. The van der Waals surface area contributed by atoms with Gasteiger partial charge in [0.05, 0.1) is 0 Å². The van der Waals surface area contributed by atoms with Gasteiger partial charge < -0.3 is 5.32 Å². The monoisotopic (exact) mass is 241 g/mol. The lowest BCUT2D eigenvalue weighted by atomic mass is 9.91. The molecule has 0 fully saturated rings. The standard InChI is InChI=1S/C16H16FN/c1-11-9-12(5-6-16(11)17)14-4-2-3-13-10-18-8-7-15(13)14/h2-6,9,18H,7-8,10H2,1H3. The van der Waals surface area contributed by atoms with E-state index in [1.165, 1.54) is 16.7 Å². The van der Waals surface area contributed by atoms with E-state index in [9.17, 15) is 4.39 Å². The minimum absolute atomic E-state index is 0.134. The summed E-state index contributed by atoms with van der Waals surface area (Å²) in [6.45, 7) is 3.77.